The number of likely N-dealkylation sites (tertiary alicyclic amines) is 2. The number of hydrogen-bond acceptors (Lipinski definition) is 3. The highest BCUT2D eigenvalue weighted by Gasteiger charge is 2.49. The van der Waals surface area contributed by atoms with Gasteiger partial charge in [-0.15, -0.1) is 0 Å². The quantitative estimate of drug-likeness (QED) is 0.818. The van der Waals surface area contributed by atoms with Crippen molar-refractivity contribution >= 4 is 11.8 Å². The highest BCUT2D eigenvalue weighted by Crippen LogP contribution is 2.48. The van der Waals surface area contributed by atoms with Crippen molar-refractivity contribution in [2.45, 2.75) is 44.1 Å². The van der Waals surface area contributed by atoms with Gasteiger partial charge in [0.2, 0.25) is 11.8 Å². The van der Waals surface area contributed by atoms with Crippen molar-refractivity contribution in [2.75, 3.05) is 40.3 Å². The first-order chi connectivity index (χ1) is 13.0. The van der Waals surface area contributed by atoms with E-state index in [9.17, 15) is 9.59 Å². The fourth-order valence-corrected chi connectivity index (χ4v) is 4.75. The zero-order valence-electron chi connectivity index (χ0n) is 16.6. The van der Waals surface area contributed by atoms with Crippen molar-refractivity contribution in [3.8, 4) is 0 Å². The molecule has 1 spiro atoms. The van der Waals surface area contributed by atoms with Crippen LogP contribution in [0.15, 0.2) is 30.3 Å². The predicted octanol–water partition coefficient (Wildman–Crippen LogP) is 2.34. The van der Waals surface area contributed by atoms with Crippen LogP contribution in [0.1, 0.15) is 43.6 Å². The van der Waals surface area contributed by atoms with Crippen LogP contribution >= 0.6 is 0 Å². The van der Waals surface area contributed by atoms with E-state index in [-0.39, 0.29) is 17.2 Å². The lowest BCUT2D eigenvalue weighted by Crippen LogP contribution is -2.55. The molecule has 1 aromatic carbocycles. The summed E-state index contributed by atoms with van der Waals surface area (Å²) in [7, 11) is 3.64. The summed E-state index contributed by atoms with van der Waals surface area (Å²) in [6.45, 7) is 3.33. The highest BCUT2D eigenvalue weighted by molar-refractivity contribution is 5.85. The van der Waals surface area contributed by atoms with Crippen molar-refractivity contribution < 1.29 is 9.59 Å². The van der Waals surface area contributed by atoms with E-state index in [0.29, 0.717) is 18.5 Å². The Labute approximate surface area is 162 Å². The number of carbonyl (C=O) groups is 2. The fraction of sp³-hybridized carbons (Fsp3) is 0.636. The monoisotopic (exact) mass is 369 g/mol. The molecule has 0 aromatic heterocycles. The van der Waals surface area contributed by atoms with E-state index in [2.05, 4.69) is 21.9 Å². The van der Waals surface area contributed by atoms with Crippen molar-refractivity contribution in [1.29, 1.82) is 0 Å². The van der Waals surface area contributed by atoms with Gasteiger partial charge in [0.05, 0.1) is 12.5 Å². The Morgan fingerprint density at radius 1 is 1.15 bits per heavy atom. The molecule has 5 heteroatoms. The minimum atomic E-state index is -0.00416. The smallest absolute Gasteiger partial charge is 0.236 e. The van der Waals surface area contributed by atoms with Crippen LogP contribution in [0.4, 0.5) is 0 Å². The number of rotatable bonds is 4. The van der Waals surface area contributed by atoms with E-state index in [0.717, 1.165) is 57.3 Å². The van der Waals surface area contributed by atoms with Gasteiger partial charge in [-0.25, -0.2) is 0 Å². The maximum atomic E-state index is 13.2. The van der Waals surface area contributed by atoms with Gasteiger partial charge in [0.25, 0.3) is 0 Å². The molecule has 0 bridgehead atoms. The number of carbonyl (C=O) groups excluding carboxylic acids is 2. The molecule has 2 saturated heterocycles. The molecule has 27 heavy (non-hydrogen) atoms. The van der Waals surface area contributed by atoms with Gasteiger partial charge in [-0.2, -0.15) is 0 Å². The number of benzene rings is 1. The average molecular weight is 370 g/mol. The largest absolute Gasteiger partial charge is 0.348 e. The first-order valence-corrected chi connectivity index (χ1v) is 10.3. The Morgan fingerprint density at radius 3 is 2.41 bits per heavy atom. The normalized spacial score (nSPS) is 25.6. The lowest BCUT2D eigenvalue weighted by atomic mass is 9.67. The van der Waals surface area contributed by atoms with Crippen LogP contribution in [-0.2, 0) is 9.59 Å². The van der Waals surface area contributed by atoms with Gasteiger partial charge in [0.15, 0.2) is 0 Å². The molecule has 5 nitrogen and oxygen atoms in total. The summed E-state index contributed by atoms with van der Waals surface area (Å²) >= 11 is 0. The van der Waals surface area contributed by atoms with Crippen LogP contribution < -0.4 is 0 Å². The Hall–Kier alpha value is -1.88. The second-order valence-electron chi connectivity index (χ2n) is 8.93. The van der Waals surface area contributed by atoms with Crippen molar-refractivity contribution in [1.82, 2.24) is 14.7 Å². The SMILES string of the molecule is CN(C)C(=O)CN1CCC2(CC1)C[C@H](c1ccccc1)C(=O)N(C1CC1)C2. The lowest BCUT2D eigenvalue weighted by Gasteiger charge is -2.50. The summed E-state index contributed by atoms with van der Waals surface area (Å²) in [5.74, 6) is 0.501. The van der Waals surface area contributed by atoms with E-state index in [1.54, 1.807) is 4.90 Å². The first-order valence-electron chi connectivity index (χ1n) is 10.3. The third-order valence-electron chi connectivity index (χ3n) is 6.69. The Bertz CT molecular complexity index is 691. The maximum absolute atomic E-state index is 13.2. The topological polar surface area (TPSA) is 43.9 Å². The maximum Gasteiger partial charge on any atom is 0.236 e. The standard InChI is InChI=1S/C22H31N3O2/c1-23(2)20(26)15-24-12-10-22(11-13-24)14-19(17-6-4-3-5-7-17)21(27)25(16-22)18-8-9-18/h3-7,18-19H,8-16H2,1-2H3/t19-/m1/s1. The molecule has 1 atom stereocenters. The van der Waals surface area contributed by atoms with Gasteiger partial charge in [-0.1, -0.05) is 30.3 Å². The van der Waals surface area contributed by atoms with E-state index < -0.39 is 0 Å². The molecule has 1 aliphatic carbocycles. The predicted molar refractivity (Wildman–Crippen MR) is 105 cm³/mol. The lowest BCUT2D eigenvalue weighted by molar-refractivity contribution is -0.142. The summed E-state index contributed by atoms with van der Waals surface area (Å²) in [5.41, 5.74) is 1.37. The minimum absolute atomic E-state index is 0.00416. The van der Waals surface area contributed by atoms with Crippen molar-refractivity contribution in [3.05, 3.63) is 35.9 Å². The summed E-state index contributed by atoms with van der Waals surface area (Å²) < 4.78 is 0. The molecule has 3 aliphatic rings. The molecule has 1 saturated carbocycles. The average Bonchev–Trinajstić information content (AvgIpc) is 3.51. The first kappa shape index (κ1) is 18.5. The minimum Gasteiger partial charge on any atom is -0.348 e. The number of hydrogen-bond donors (Lipinski definition) is 0. The Morgan fingerprint density at radius 2 is 1.81 bits per heavy atom. The third-order valence-corrected chi connectivity index (χ3v) is 6.69. The number of likely N-dealkylation sites (N-methyl/N-ethyl adjacent to an activating group) is 1. The van der Waals surface area contributed by atoms with Crippen LogP contribution in [0.25, 0.3) is 0 Å². The molecule has 0 radical (unpaired) electrons. The van der Waals surface area contributed by atoms with Crippen LogP contribution in [0.2, 0.25) is 0 Å². The molecule has 3 fully saturated rings. The zero-order valence-corrected chi connectivity index (χ0v) is 16.6. The van der Waals surface area contributed by atoms with Crippen LogP contribution in [0, 0.1) is 5.41 Å². The summed E-state index contributed by atoms with van der Waals surface area (Å²) in [6.07, 6.45) is 5.43. The molecule has 0 N–H and O–H groups in total. The number of amides is 2. The van der Waals surface area contributed by atoms with Crippen molar-refractivity contribution in [3.63, 3.8) is 0 Å². The number of nitrogens with zero attached hydrogens (tertiary/aromatic N) is 3. The van der Waals surface area contributed by atoms with E-state index >= 15 is 0 Å². The second-order valence-corrected chi connectivity index (χ2v) is 8.93. The Balaban J connectivity index is 1.49. The van der Waals surface area contributed by atoms with Crippen molar-refractivity contribution in [2.24, 2.45) is 5.41 Å². The highest BCUT2D eigenvalue weighted by atomic mass is 16.2. The molecule has 2 amide bonds. The molecule has 1 aromatic rings. The van der Waals surface area contributed by atoms with Crippen LogP contribution in [0.3, 0.4) is 0 Å². The van der Waals surface area contributed by atoms with Crippen LogP contribution in [-0.4, -0.2) is 72.8 Å². The molecule has 2 aliphatic heterocycles. The van der Waals surface area contributed by atoms with Gasteiger partial charge in [-0.05, 0) is 56.2 Å². The van der Waals surface area contributed by atoms with E-state index in [4.69, 9.17) is 0 Å². The fourth-order valence-electron chi connectivity index (χ4n) is 4.75. The van der Waals surface area contributed by atoms with E-state index in [1.165, 1.54) is 0 Å². The third kappa shape index (κ3) is 3.88. The summed E-state index contributed by atoms with van der Waals surface area (Å²) in [4.78, 5) is 31.4. The van der Waals surface area contributed by atoms with Crippen LogP contribution in [0.5, 0.6) is 0 Å². The molecule has 2 heterocycles. The summed E-state index contributed by atoms with van der Waals surface area (Å²) in [5, 5.41) is 0. The second kappa shape index (κ2) is 7.27. The molecule has 4 rings (SSSR count). The van der Waals surface area contributed by atoms with Gasteiger partial charge < -0.3 is 9.80 Å². The zero-order chi connectivity index (χ0) is 19.0. The molecule has 146 valence electrons. The van der Waals surface area contributed by atoms with Gasteiger partial charge in [-0.3, -0.25) is 14.5 Å². The Kier molecular flexibility index (Phi) is 4.97. The molecular formula is C22H31N3O2. The van der Waals surface area contributed by atoms with E-state index in [1.807, 2.05) is 32.3 Å². The van der Waals surface area contributed by atoms with Gasteiger partial charge in [0.1, 0.15) is 0 Å². The molecule has 0 unspecified atom stereocenters. The molecular weight excluding hydrogens is 338 g/mol. The van der Waals surface area contributed by atoms with Gasteiger partial charge >= 0.3 is 0 Å². The number of piperidine rings is 2. The van der Waals surface area contributed by atoms with Gasteiger partial charge in [0, 0.05) is 26.7 Å². The summed E-state index contributed by atoms with van der Waals surface area (Å²) in [6, 6.07) is 10.8.